The smallest absolute Gasteiger partial charge is 0.132 e. The molecule has 0 amide bonds. The average molecular weight is 296 g/mol. The van der Waals surface area contributed by atoms with Crippen LogP contribution in [0.25, 0.3) is 11.3 Å². The second-order valence-corrected chi connectivity index (χ2v) is 5.15. The second kappa shape index (κ2) is 6.22. The second-order valence-electron chi connectivity index (χ2n) is 4.28. The Hall–Kier alpha value is -1.32. The Morgan fingerprint density at radius 3 is 2.42 bits per heavy atom. The van der Waals surface area contributed by atoms with Crippen molar-refractivity contribution in [2.24, 2.45) is 0 Å². The molecule has 0 aliphatic heterocycles. The Labute approximate surface area is 123 Å². The number of nitrogens with zero attached hydrogens (tertiary/aromatic N) is 2. The van der Waals surface area contributed by atoms with Gasteiger partial charge in [-0.15, -0.1) is 0 Å². The summed E-state index contributed by atoms with van der Waals surface area (Å²) in [5, 5.41) is 4.49. The molecule has 0 aliphatic carbocycles. The highest BCUT2D eigenvalue weighted by atomic mass is 35.5. The highest BCUT2D eigenvalue weighted by molar-refractivity contribution is 6.35. The summed E-state index contributed by atoms with van der Waals surface area (Å²) in [6, 6.07) is 5.41. The van der Waals surface area contributed by atoms with Gasteiger partial charge >= 0.3 is 0 Å². The summed E-state index contributed by atoms with van der Waals surface area (Å²) < 4.78 is 0. The lowest BCUT2D eigenvalue weighted by atomic mass is 10.1. The zero-order chi connectivity index (χ0) is 13.8. The minimum absolute atomic E-state index is 0.601. The number of nitrogens with one attached hydrogen (secondary N) is 1. The molecule has 3 nitrogen and oxygen atoms in total. The van der Waals surface area contributed by atoms with Gasteiger partial charge in [-0.3, -0.25) is 0 Å². The van der Waals surface area contributed by atoms with E-state index < -0.39 is 0 Å². The molecule has 0 spiro atoms. The molecule has 0 saturated carbocycles. The molecule has 1 N–H and O–H groups in total. The van der Waals surface area contributed by atoms with Crippen LogP contribution in [0.1, 0.15) is 18.9 Å². The molecular formula is C14H15Cl2N3. The Balaban J connectivity index is 2.44. The Bertz CT molecular complexity index is 565. The molecule has 1 aromatic heterocycles. The van der Waals surface area contributed by atoms with Crippen molar-refractivity contribution in [2.75, 3.05) is 11.9 Å². The van der Waals surface area contributed by atoms with Crippen LogP contribution in [0, 0.1) is 6.92 Å². The molecule has 0 unspecified atom stereocenters. The predicted molar refractivity (Wildman–Crippen MR) is 81.0 cm³/mol. The minimum atomic E-state index is 0.601. The molecule has 0 bridgehead atoms. The molecule has 0 aliphatic rings. The first-order chi connectivity index (χ1) is 9.11. The van der Waals surface area contributed by atoms with E-state index >= 15 is 0 Å². The zero-order valence-electron chi connectivity index (χ0n) is 10.9. The maximum absolute atomic E-state index is 6.03. The number of anilines is 1. The lowest BCUT2D eigenvalue weighted by Gasteiger charge is -2.11. The van der Waals surface area contributed by atoms with Crippen LogP contribution >= 0.6 is 23.2 Å². The van der Waals surface area contributed by atoms with E-state index in [2.05, 4.69) is 22.2 Å². The number of hydrogen-bond acceptors (Lipinski definition) is 3. The SMILES string of the molecule is CCCNc1ncnc(-c2cc(Cl)cc(Cl)c2)c1C. The Morgan fingerprint density at radius 1 is 1.11 bits per heavy atom. The highest BCUT2D eigenvalue weighted by Crippen LogP contribution is 2.29. The van der Waals surface area contributed by atoms with Crippen molar-refractivity contribution in [3.05, 3.63) is 40.1 Å². The molecule has 2 aromatic rings. The molecule has 0 radical (unpaired) electrons. The molecule has 0 saturated heterocycles. The standard InChI is InChI=1S/C14H15Cl2N3/c1-3-4-17-14-9(2)13(18-8-19-14)10-5-11(15)7-12(16)6-10/h5-8H,3-4H2,1-2H3,(H,17,18,19). The van der Waals surface area contributed by atoms with E-state index in [1.807, 2.05) is 19.1 Å². The van der Waals surface area contributed by atoms with Crippen LogP contribution < -0.4 is 5.32 Å². The molecule has 2 rings (SSSR count). The van der Waals surface area contributed by atoms with Gasteiger partial charge in [0.25, 0.3) is 0 Å². The van der Waals surface area contributed by atoms with E-state index in [4.69, 9.17) is 23.2 Å². The van der Waals surface area contributed by atoms with Crippen LogP contribution in [0.4, 0.5) is 5.82 Å². The highest BCUT2D eigenvalue weighted by Gasteiger charge is 2.10. The van der Waals surface area contributed by atoms with Gasteiger partial charge < -0.3 is 5.32 Å². The summed E-state index contributed by atoms with van der Waals surface area (Å²) in [6.45, 7) is 4.98. The van der Waals surface area contributed by atoms with E-state index in [0.29, 0.717) is 10.0 Å². The van der Waals surface area contributed by atoms with Crippen LogP contribution in [0.5, 0.6) is 0 Å². The van der Waals surface area contributed by atoms with Crippen molar-refractivity contribution in [3.8, 4) is 11.3 Å². The zero-order valence-corrected chi connectivity index (χ0v) is 12.4. The van der Waals surface area contributed by atoms with Crippen molar-refractivity contribution >= 4 is 29.0 Å². The fraction of sp³-hybridized carbons (Fsp3) is 0.286. The van der Waals surface area contributed by atoms with E-state index in [0.717, 1.165) is 35.6 Å². The number of benzene rings is 1. The lowest BCUT2D eigenvalue weighted by molar-refractivity contribution is 0.960. The summed E-state index contributed by atoms with van der Waals surface area (Å²) in [4.78, 5) is 8.59. The van der Waals surface area contributed by atoms with Gasteiger partial charge in [0.2, 0.25) is 0 Å². The number of hydrogen-bond donors (Lipinski definition) is 1. The first kappa shape index (κ1) is 14.1. The molecule has 5 heteroatoms. The molecular weight excluding hydrogens is 281 g/mol. The van der Waals surface area contributed by atoms with Gasteiger partial charge in [-0.25, -0.2) is 9.97 Å². The summed E-state index contributed by atoms with van der Waals surface area (Å²) in [7, 11) is 0. The van der Waals surface area contributed by atoms with Crippen molar-refractivity contribution in [1.82, 2.24) is 9.97 Å². The first-order valence-corrected chi connectivity index (χ1v) is 6.89. The van der Waals surface area contributed by atoms with E-state index in [-0.39, 0.29) is 0 Å². The van der Waals surface area contributed by atoms with Crippen molar-refractivity contribution in [3.63, 3.8) is 0 Å². The maximum Gasteiger partial charge on any atom is 0.132 e. The van der Waals surface area contributed by atoms with Crippen LogP contribution in [0.2, 0.25) is 10.0 Å². The van der Waals surface area contributed by atoms with Crippen LogP contribution in [0.3, 0.4) is 0 Å². The molecule has 19 heavy (non-hydrogen) atoms. The van der Waals surface area contributed by atoms with Crippen molar-refractivity contribution in [2.45, 2.75) is 20.3 Å². The van der Waals surface area contributed by atoms with Gasteiger partial charge in [-0.1, -0.05) is 30.1 Å². The normalized spacial score (nSPS) is 10.5. The topological polar surface area (TPSA) is 37.8 Å². The molecule has 1 heterocycles. The summed E-state index contributed by atoms with van der Waals surface area (Å²) in [5.41, 5.74) is 2.74. The van der Waals surface area contributed by atoms with Crippen LogP contribution in [0.15, 0.2) is 24.5 Å². The third-order valence-corrected chi connectivity index (χ3v) is 3.20. The summed E-state index contributed by atoms with van der Waals surface area (Å²) in [6.07, 6.45) is 2.59. The minimum Gasteiger partial charge on any atom is -0.370 e. The van der Waals surface area contributed by atoms with Gasteiger partial charge in [-0.2, -0.15) is 0 Å². The molecule has 100 valence electrons. The van der Waals surface area contributed by atoms with Gasteiger partial charge in [0.15, 0.2) is 0 Å². The molecule has 0 atom stereocenters. The largest absolute Gasteiger partial charge is 0.370 e. The monoisotopic (exact) mass is 295 g/mol. The molecule has 0 fully saturated rings. The van der Waals surface area contributed by atoms with Crippen LogP contribution in [-0.2, 0) is 0 Å². The average Bonchev–Trinajstić information content (AvgIpc) is 2.36. The third-order valence-electron chi connectivity index (χ3n) is 2.76. The van der Waals surface area contributed by atoms with Gasteiger partial charge in [-0.05, 0) is 31.5 Å². The fourth-order valence-corrected chi connectivity index (χ4v) is 2.38. The van der Waals surface area contributed by atoms with E-state index in [9.17, 15) is 0 Å². The van der Waals surface area contributed by atoms with E-state index in [1.54, 1.807) is 12.4 Å². The van der Waals surface area contributed by atoms with Crippen LogP contribution in [-0.4, -0.2) is 16.5 Å². The summed E-state index contributed by atoms with van der Waals surface area (Å²) in [5.74, 6) is 0.850. The Morgan fingerprint density at radius 2 is 1.79 bits per heavy atom. The fourth-order valence-electron chi connectivity index (χ4n) is 1.85. The van der Waals surface area contributed by atoms with Crippen molar-refractivity contribution in [1.29, 1.82) is 0 Å². The number of halogens is 2. The summed E-state index contributed by atoms with van der Waals surface area (Å²) >= 11 is 12.1. The quantitative estimate of drug-likeness (QED) is 0.897. The van der Waals surface area contributed by atoms with Crippen molar-refractivity contribution < 1.29 is 0 Å². The molecule has 1 aromatic carbocycles. The maximum atomic E-state index is 6.03. The van der Waals surface area contributed by atoms with Gasteiger partial charge in [0.05, 0.1) is 5.69 Å². The predicted octanol–water partition coefficient (Wildman–Crippen LogP) is 4.58. The van der Waals surface area contributed by atoms with Gasteiger partial charge in [0.1, 0.15) is 12.1 Å². The lowest BCUT2D eigenvalue weighted by Crippen LogP contribution is -2.05. The third kappa shape index (κ3) is 3.37. The van der Waals surface area contributed by atoms with Gasteiger partial charge in [0, 0.05) is 27.7 Å². The van der Waals surface area contributed by atoms with E-state index in [1.165, 1.54) is 0 Å². The number of aromatic nitrogens is 2. The first-order valence-electron chi connectivity index (χ1n) is 6.13. The number of rotatable bonds is 4. The Kier molecular flexibility index (Phi) is 4.61.